The van der Waals surface area contributed by atoms with Crippen molar-refractivity contribution >= 4 is 54.9 Å². The number of thioether (sulfide) groups is 1. The summed E-state index contributed by atoms with van der Waals surface area (Å²) in [7, 11) is 0. The van der Waals surface area contributed by atoms with Gasteiger partial charge in [0.1, 0.15) is 15.5 Å². The highest BCUT2D eigenvalue weighted by Crippen LogP contribution is 2.40. The number of fused-ring (bicyclic) bond motifs is 4. The zero-order valence-corrected chi connectivity index (χ0v) is 22.9. The van der Waals surface area contributed by atoms with Crippen LogP contribution in [0.15, 0.2) is 14.7 Å². The number of H-pyrrole nitrogens is 1. The molecule has 0 aliphatic heterocycles. The van der Waals surface area contributed by atoms with Crippen molar-refractivity contribution in [3.05, 3.63) is 47.4 Å². The molecule has 0 unspecified atom stereocenters. The van der Waals surface area contributed by atoms with Crippen LogP contribution >= 0.6 is 34.4 Å². The molecule has 2 aliphatic rings. The van der Waals surface area contributed by atoms with Gasteiger partial charge in [-0.25, -0.2) is 9.97 Å². The lowest BCUT2D eigenvalue weighted by Gasteiger charge is -2.26. The number of aromatic amines is 1. The van der Waals surface area contributed by atoms with Crippen molar-refractivity contribution in [2.45, 2.75) is 95.0 Å². The fraction of sp³-hybridized carbons (Fsp3) is 0.538. The average Bonchev–Trinajstić information content (AvgIpc) is 3.36. The van der Waals surface area contributed by atoms with Crippen LogP contribution in [0.2, 0.25) is 0 Å². The molecule has 0 bridgehead atoms. The van der Waals surface area contributed by atoms with Gasteiger partial charge in [0.25, 0.3) is 11.1 Å². The molecule has 6 rings (SSSR count). The van der Waals surface area contributed by atoms with Crippen LogP contribution in [0.5, 0.6) is 0 Å². The molecule has 0 amide bonds. The number of nitrogens with one attached hydrogen (secondary N) is 1. The number of hydrogen-bond donors (Lipinski definition) is 1. The second-order valence-electron chi connectivity index (χ2n) is 9.93. The lowest BCUT2D eigenvalue weighted by molar-refractivity contribution is 0.326. The summed E-state index contributed by atoms with van der Waals surface area (Å²) in [6.07, 6.45) is 9.98. The van der Waals surface area contributed by atoms with Crippen LogP contribution in [0.3, 0.4) is 0 Å². The van der Waals surface area contributed by atoms with Gasteiger partial charge in [0.05, 0.1) is 16.0 Å². The third-order valence-electron chi connectivity index (χ3n) is 7.65. The maximum Gasteiger partial charge on any atom is 0.263 e. The van der Waals surface area contributed by atoms with E-state index in [9.17, 15) is 9.59 Å². The molecule has 6 nitrogen and oxygen atoms in total. The predicted molar refractivity (Wildman–Crippen MR) is 147 cm³/mol. The third kappa shape index (κ3) is 4.00. The van der Waals surface area contributed by atoms with E-state index in [0.717, 1.165) is 75.6 Å². The van der Waals surface area contributed by atoms with E-state index in [1.807, 2.05) is 25.3 Å². The van der Waals surface area contributed by atoms with Crippen LogP contribution < -0.4 is 11.1 Å². The molecule has 1 atom stereocenters. The molecule has 1 N–H and O–H groups in total. The first-order valence-electron chi connectivity index (χ1n) is 12.7. The van der Waals surface area contributed by atoms with E-state index in [2.05, 4.69) is 4.98 Å². The van der Waals surface area contributed by atoms with E-state index in [0.29, 0.717) is 11.2 Å². The molecular weight excluding hydrogens is 497 g/mol. The monoisotopic (exact) mass is 526 g/mol. The first kappa shape index (κ1) is 23.4. The second kappa shape index (κ2) is 9.16. The molecule has 1 saturated carbocycles. The Bertz CT molecular complexity index is 1560. The van der Waals surface area contributed by atoms with E-state index in [1.165, 1.54) is 23.3 Å². The number of hydrogen-bond acceptors (Lipinski definition) is 7. The minimum atomic E-state index is -0.136. The van der Waals surface area contributed by atoms with E-state index >= 15 is 0 Å². The molecule has 0 radical (unpaired) electrons. The zero-order valence-electron chi connectivity index (χ0n) is 20.4. The van der Waals surface area contributed by atoms with Gasteiger partial charge < -0.3 is 4.98 Å². The standard InChI is InChI=1S/C26H30N4O2S3/c1-13-14(2)33-23-19(13)22(31)27-21(28-23)15(3)34-26-29-24-20(17-11-7-8-12-18(17)35-24)25(32)30(26)16-9-5-4-6-10-16/h15-16H,4-12H2,1-3H3,(H,27,28,31)/t15-/m0/s1. The number of rotatable bonds is 4. The Kier molecular flexibility index (Phi) is 6.13. The van der Waals surface area contributed by atoms with Crippen molar-refractivity contribution in [3.8, 4) is 0 Å². The van der Waals surface area contributed by atoms with E-state index < -0.39 is 0 Å². The third-order valence-corrected chi connectivity index (χ3v) is 11.0. The van der Waals surface area contributed by atoms with Crippen LogP contribution in [0.4, 0.5) is 0 Å². The van der Waals surface area contributed by atoms with Gasteiger partial charge in [-0.3, -0.25) is 14.2 Å². The van der Waals surface area contributed by atoms with E-state index in [1.54, 1.807) is 34.4 Å². The van der Waals surface area contributed by atoms with Crippen LogP contribution in [0.1, 0.15) is 89.9 Å². The lowest BCUT2D eigenvalue weighted by Crippen LogP contribution is -2.29. The van der Waals surface area contributed by atoms with Gasteiger partial charge >= 0.3 is 0 Å². The molecule has 0 aromatic carbocycles. The maximum atomic E-state index is 14.0. The first-order chi connectivity index (χ1) is 16.9. The number of aryl methyl sites for hydroxylation is 4. The normalized spacial score (nSPS) is 17.8. The highest BCUT2D eigenvalue weighted by atomic mass is 32.2. The fourth-order valence-corrected chi connectivity index (χ4v) is 9.00. The number of thiophene rings is 2. The number of aromatic nitrogens is 4. The summed E-state index contributed by atoms with van der Waals surface area (Å²) in [6, 6.07) is 0.194. The summed E-state index contributed by atoms with van der Waals surface area (Å²) in [5, 5.41) is 2.19. The summed E-state index contributed by atoms with van der Waals surface area (Å²) in [6.45, 7) is 6.05. The van der Waals surface area contributed by atoms with Crippen molar-refractivity contribution < 1.29 is 0 Å². The molecule has 9 heteroatoms. The molecule has 4 aromatic rings. The Labute approximate surface area is 216 Å². The largest absolute Gasteiger partial charge is 0.309 e. The fourth-order valence-electron chi connectivity index (χ4n) is 5.62. The topological polar surface area (TPSA) is 80.6 Å². The van der Waals surface area contributed by atoms with Crippen molar-refractivity contribution in [2.75, 3.05) is 0 Å². The Morgan fingerprint density at radius 1 is 0.971 bits per heavy atom. The molecule has 4 heterocycles. The van der Waals surface area contributed by atoms with Gasteiger partial charge in [-0.2, -0.15) is 0 Å². The molecule has 35 heavy (non-hydrogen) atoms. The smallest absolute Gasteiger partial charge is 0.263 e. The zero-order chi connectivity index (χ0) is 24.3. The van der Waals surface area contributed by atoms with Crippen LogP contribution in [-0.4, -0.2) is 19.5 Å². The van der Waals surface area contributed by atoms with Gasteiger partial charge in [-0.15, -0.1) is 22.7 Å². The molecule has 184 valence electrons. The van der Waals surface area contributed by atoms with Crippen LogP contribution in [0.25, 0.3) is 20.4 Å². The summed E-state index contributed by atoms with van der Waals surface area (Å²) in [5.74, 6) is 0.642. The molecular formula is C26H30N4O2S3. The van der Waals surface area contributed by atoms with Crippen molar-refractivity contribution in [1.82, 2.24) is 19.5 Å². The van der Waals surface area contributed by atoms with Gasteiger partial charge in [0.2, 0.25) is 0 Å². The first-order valence-corrected chi connectivity index (χ1v) is 15.2. The highest BCUT2D eigenvalue weighted by molar-refractivity contribution is 7.99. The van der Waals surface area contributed by atoms with E-state index in [4.69, 9.17) is 9.97 Å². The minimum Gasteiger partial charge on any atom is -0.309 e. The van der Waals surface area contributed by atoms with Crippen LogP contribution in [-0.2, 0) is 12.8 Å². The SMILES string of the molecule is Cc1sc2nc([C@H](C)Sc3nc4sc5c(c4c(=O)n3C3CCCCC3)CCCC5)[nH]c(=O)c2c1C. The van der Waals surface area contributed by atoms with Crippen molar-refractivity contribution in [2.24, 2.45) is 0 Å². The number of nitrogens with zero attached hydrogens (tertiary/aromatic N) is 3. The predicted octanol–water partition coefficient (Wildman–Crippen LogP) is 6.61. The summed E-state index contributed by atoms with van der Waals surface area (Å²) >= 11 is 4.82. The van der Waals surface area contributed by atoms with Crippen molar-refractivity contribution in [3.63, 3.8) is 0 Å². The molecule has 1 fully saturated rings. The van der Waals surface area contributed by atoms with Crippen LogP contribution in [0, 0.1) is 13.8 Å². The minimum absolute atomic E-state index is 0.0849. The second-order valence-corrected chi connectivity index (χ2v) is 13.5. The summed E-state index contributed by atoms with van der Waals surface area (Å²) in [5.41, 5.74) is 2.31. The highest BCUT2D eigenvalue weighted by Gasteiger charge is 2.28. The summed E-state index contributed by atoms with van der Waals surface area (Å²) in [4.78, 5) is 44.0. The average molecular weight is 527 g/mol. The Morgan fingerprint density at radius 2 is 1.71 bits per heavy atom. The lowest BCUT2D eigenvalue weighted by atomic mass is 9.94. The van der Waals surface area contributed by atoms with Gasteiger partial charge in [0.15, 0.2) is 5.16 Å². The molecule has 4 aromatic heterocycles. The molecule has 0 spiro atoms. The summed E-state index contributed by atoms with van der Waals surface area (Å²) < 4.78 is 2.00. The molecule has 2 aliphatic carbocycles. The van der Waals surface area contributed by atoms with Crippen molar-refractivity contribution in [1.29, 1.82) is 0 Å². The van der Waals surface area contributed by atoms with E-state index in [-0.39, 0.29) is 22.4 Å². The van der Waals surface area contributed by atoms with Gasteiger partial charge in [-0.05, 0) is 70.4 Å². The van der Waals surface area contributed by atoms with Gasteiger partial charge in [0, 0.05) is 15.8 Å². The quantitative estimate of drug-likeness (QED) is 0.239. The van der Waals surface area contributed by atoms with Gasteiger partial charge in [-0.1, -0.05) is 31.0 Å². The Hall–Kier alpha value is -1.97. The maximum absolute atomic E-state index is 14.0. The Balaban J connectivity index is 1.46. The Morgan fingerprint density at radius 3 is 2.51 bits per heavy atom. The molecule has 0 saturated heterocycles.